The van der Waals surface area contributed by atoms with Crippen molar-refractivity contribution in [3.63, 3.8) is 0 Å². The second-order valence-electron chi connectivity index (χ2n) is 3.73. The van der Waals surface area contributed by atoms with Gasteiger partial charge in [0.2, 0.25) is 0 Å². The molecule has 78 valence electrons. The third-order valence-corrected chi connectivity index (χ3v) is 2.20. The third kappa shape index (κ3) is 2.63. The predicted octanol–water partition coefficient (Wildman–Crippen LogP) is 2.80. The van der Waals surface area contributed by atoms with E-state index >= 15 is 0 Å². The van der Waals surface area contributed by atoms with Crippen molar-refractivity contribution in [3.05, 3.63) is 35.6 Å². The quantitative estimate of drug-likeness (QED) is 0.712. The molecule has 1 aromatic rings. The Morgan fingerprint density at radius 2 is 2.13 bits per heavy atom. The summed E-state index contributed by atoms with van der Waals surface area (Å²) in [6.07, 6.45) is 0. The minimum atomic E-state index is -0.702. The normalized spacial score (nSPS) is 12.2. The van der Waals surface area contributed by atoms with Gasteiger partial charge in [0.25, 0.3) is 0 Å². The van der Waals surface area contributed by atoms with Gasteiger partial charge in [0, 0.05) is 5.56 Å². The zero-order chi connectivity index (χ0) is 11.4. The standard InChI is InChI=1S/C12H12FNO/c1-8(2)11(7-14)12(15)9-4-3-5-10(13)6-9/h3-6,8,11H,1-2H3. The lowest BCUT2D eigenvalue weighted by molar-refractivity contribution is 0.0924. The predicted molar refractivity (Wildman–Crippen MR) is 54.7 cm³/mol. The summed E-state index contributed by atoms with van der Waals surface area (Å²) >= 11 is 0. The number of carbonyl (C=O) groups is 1. The minimum Gasteiger partial charge on any atom is -0.293 e. The molecule has 0 amide bonds. The van der Waals surface area contributed by atoms with Crippen LogP contribution in [0.4, 0.5) is 4.39 Å². The van der Waals surface area contributed by atoms with Gasteiger partial charge < -0.3 is 0 Å². The van der Waals surface area contributed by atoms with Gasteiger partial charge in [-0.05, 0) is 18.1 Å². The van der Waals surface area contributed by atoms with Gasteiger partial charge in [0.05, 0.1) is 6.07 Å². The molecule has 0 spiro atoms. The van der Waals surface area contributed by atoms with Crippen LogP contribution in [0.5, 0.6) is 0 Å². The summed E-state index contributed by atoms with van der Waals surface area (Å²) in [6.45, 7) is 3.59. The molecule has 1 unspecified atom stereocenters. The highest BCUT2D eigenvalue weighted by atomic mass is 19.1. The van der Waals surface area contributed by atoms with E-state index in [1.807, 2.05) is 6.07 Å². The van der Waals surface area contributed by atoms with Gasteiger partial charge in [-0.3, -0.25) is 4.79 Å². The Bertz CT molecular complexity index is 406. The molecule has 0 saturated heterocycles. The first kappa shape index (κ1) is 11.4. The molecule has 3 heteroatoms. The molecule has 1 rings (SSSR count). The lowest BCUT2D eigenvalue weighted by Gasteiger charge is -2.11. The summed E-state index contributed by atoms with van der Waals surface area (Å²) in [6, 6.07) is 7.38. The van der Waals surface area contributed by atoms with Crippen LogP contribution in [-0.4, -0.2) is 5.78 Å². The van der Waals surface area contributed by atoms with Gasteiger partial charge in [0.15, 0.2) is 5.78 Å². The monoisotopic (exact) mass is 205 g/mol. The molecule has 0 aromatic heterocycles. The van der Waals surface area contributed by atoms with Crippen LogP contribution in [0.3, 0.4) is 0 Å². The summed E-state index contributed by atoms with van der Waals surface area (Å²) < 4.78 is 12.9. The first-order chi connectivity index (χ1) is 7.06. The van der Waals surface area contributed by atoms with Crippen LogP contribution in [0.15, 0.2) is 24.3 Å². The molecule has 0 aliphatic rings. The van der Waals surface area contributed by atoms with Crippen LogP contribution < -0.4 is 0 Å². The average molecular weight is 205 g/mol. The summed E-state index contributed by atoms with van der Waals surface area (Å²) in [5.74, 6) is -1.54. The topological polar surface area (TPSA) is 40.9 Å². The van der Waals surface area contributed by atoms with Gasteiger partial charge in [-0.25, -0.2) is 4.39 Å². The van der Waals surface area contributed by atoms with Crippen LogP contribution in [-0.2, 0) is 0 Å². The molecule has 15 heavy (non-hydrogen) atoms. The van der Waals surface area contributed by atoms with E-state index in [-0.39, 0.29) is 17.3 Å². The molecular formula is C12H12FNO. The molecule has 1 atom stereocenters. The molecular weight excluding hydrogens is 193 g/mol. The SMILES string of the molecule is CC(C)C(C#N)C(=O)c1cccc(F)c1. The van der Waals surface area contributed by atoms with Crippen LogP contribution in [0.25, 0.3) is 0 Å². The average Bonchev–Trinajstić information content (AvgIpc) is 2.18. The van der Waals surface area contributed by atoms with Crippen LogP contribution >= 0.6 is 0 Å². The van der Waals surface area contributed by atoms with E-state index in [0.29, 0.717) is 0 Å². The van der Waals surface area contributed by atoms with Crippen molar-refractivity contribution in [3.8, 4) is 6.07 Å². The number of carbonyl (C=O) groups excluding carboxylic acids is 1. The lowest BCUT2D eigenvalue weighted by atomic mass is 9.89. The maximum Gasteiger partial charge on any atom is 0.180 e. The van der Waals surface area contributed by atoms with E-state index < -0.39 is 11.7 Å². The van der Waals surface area contributed by atoms with Gasteiger partial charge >= 0.3 is 0 Å². The Kier molecular flexibility index (Phi) is 3.56. The molecule has 1 aromatic carbocycles. The molecule has 0 heterocycles. The highest BCUT2D eigenvalue weighted by molar-refractivity contribution is 5.99. The van der Waals surface area contributed by atoms with Crippen molar-refractivity contribution in [2.24, 2.45) is 11.8 Å². The number of nitriles is 1. The number of hydrogen-bond acceptors (Lipinski definition) is 2. The number of Topliss-reactive ketones (excluding diaryl/α,β-unsaturated/α-hetero) is 1. The van der Waals surface area contributed by atoms with Crippen molar-refractivity contribution in [2.45, 2.75) is 13.8 Å². The van der Waals surface area contributed by atoms with Crippen molar-refractivity contribution >= 4 is 5.78 Å². The number of ketones is 1. The zero-order valence-corrected chi connectivity index (χ0v) is 8.70. The lowest BCUT2D eigenvalue weighted by Crippen LogP contribution is -2.18. The van der Waals surface area contributed by atoms with E-state index in [1.54, 1.807) is 13.8 Å². The Hall–Kier alpha value is -1.69. The smallest absolute Gasteiger partial charge is 0.180 e. The number of benzene rings is 1. The van der Waals surface area contributed by atoms with Gasteiger partial charge in [-0.15, -0.1) is 0 Å². The van der Waals surface area contributed by atoms with Crippen molar-refractivity contribution < 1.29 is 9.18 Å². The Morgan fingerprint density at radius 1 is 1.47 bits per heavy atom. The second kappa shape index (κ2) is 4.70. The number of rotatable bonds is 3. The first-order valence-corrected chi connectivity index (χ1v) is 4.75. The maximum absolute atomic E-state index is 12.9. The van der Waals surface area contributed by atoms with Crippen molar-refractivity contribution in [1.82, 2.24) is 0 Å². The second-order valence-corrected chi connectivity index (χ2v) is 3.73. The highest BCUT2D eigenvalue weighted by Crippen LogP contribution is 2.17. The van der Waals surface area contributed by atoms with Gasteiger partial charge in [0.1, 0.15) is 11.7 Å². The summed E-state index contributed by atoms with van der Waals surface area (Å²) in [5, 5.41) is 8.83. The Labute approximate surface area is 88.3 Å². The third-order valence-electron chi connectivity index (χ3n) is 2.20. The molecule has 0 saturated carbocycles. The van der Waals surface area contributed by atoms with E-state index in [1.165, 1.54) is 18.2 Å². The number of hydrogen-bond donors (Lipinski definition) is 0. The van der Waals surface area contributed by atoms with Crippen LogP contribution in [0.1, 0.15) is 24.2 Å². The number of halogens is 1. The molecule has 0 fully saturated rings. The fourth-order valence-corrected chi connectivity index (χ4v) is 1.33. The molecule has 2 nitrogen and oxygen atoms in total. The van der Waals surface area contributed by atoms with Gasteiger partial charge in [-0.1, -0.05) is 26.0 Å². The van der Waals surface area contributed by atoms with Crippen molar-refractivity contribution in [2.75, 3.05) is 0 Å². The van der Waals surface area contributed by atoms with Crippen LogP contribution in [0, 0.1) is 29.0 Å². The molecule has 0 bridgehead atoms. The van der Waals surface area contributed by atoms with Gasteiger partial charge in [-0.2, -0.15) is 5.26 Å². The molecule has 0 aliphatic carbocycles. The zero-order valence-electron chi connectivity index (χ0n) is 8.70. The molecule has 0 aliphatic heterocycles. The first-order valence-electron chi connectivity index (χ1n) is 4.75. The van der Waals surface area contributed by atoms with Crippen molar-refractivity contribution in [1.29, 1.82) is 5.26 Å². The Balaban J connectivity index is 2.99. The highest BCUT2D eigenvalue weighted by Gasteiger charge is 2.23. The molecule has 0 N–H and O–H groups in total. The summed E-state index contributed by atoms with van der Waals surface area (Å²) in [4.78, 5) is 11.8. The Morgan fingerprint density at radius 3 is 2.60 bits per heavy atom. The summed E-state index contributed by atoms with van der Waals surface area (Å²) in [7, 11) is 0. The molecule has 0 radical (unpaired) electrons. The minimum absolute atomic E-state index is 0.0641. The number of nitrogens with zero attached hydrogens (tertiary/aromatic N) is 1. The van der Waals surface area contributed by atoms with E-state index in [9.17, 15) is 9.18 Å². The summed E-state index contributed by atoms with van der Waals surface area (Å²) in [5.41, 5.74) is 0.259. The van der Waals surface area contributed by atoms with E-state index in [0.717, 1.165) is 6.07 Å². The largest absolute Gasteiger partial charge is 0.293 e. The fourth-order valence-electron chi connectivity index (χ4n) is 1.33. The fraction of sp³-hybridized carbons (Fsp3) is 0.333. The maximum atomic E-state index is 12.9. The van der Waals surface area contributed by atoms with Crippen LogP contribution in [0.2, 0.25) is 0 Å². The van der Waals surface area contributed by atoms with E-state index in [2.05, 4.69) is 0 Å². The van der Waals surface area contributed by atoms with E-state index in [4.69, 9.17) is 5.26 Å².